The fourth-order valence-electron chi connectivity index (χ4n) is 1.65. The Morgan fingerprint density at radius 1 is 1.50 bits per heavy atom. The number of nitrogens with two attached hydrogens (primary N) is 1. The van der Waals surface area contributed by atoms with Crippen molar-refractivity contribution >= 4 is 24.0 Å². The highest BCUT2D eigenvalue weighted by Crippen LogP contribution is 2.27. The number of nitrogens with zero attached hydrogens (tertiary/aromatic N) is 1. The molecule has 76 valence electrons. The fraction of sp³-hybridized carbons (Fsp3) is 0.300. The maximum Gasteiger partial charge on any atom is 0.231 e. The van der Waals surface area contributed by atoms with Crippen LogP contribution in [0.4, 0.5) is 5.69 Å². The SMILES string of the molecule is CN1C(=O)Cc2cc(CN)ccc21.Cl. The molecule has 0 aliphatic carbocycles. The van der Waals surface area contributed by atoms with Gasteiger partial charge in [0.05, 0.1) is 6.42 Å². The lowest BCUT2D eigenvalue weighted by molar-refractivity contribution is -0.117. The van der Waals surface area contributed by atoms with Crippen LogP contribution in [-0.2, 0) is 17.8 Å². The summed E-state index contributed by atoms with van der Waals surface area (Å²) in [6, 6.07) is 5.94. The molecule has 0 atom stereocenters. The first-order valence-corrected chi connectivity index (χ1v) is 4.31. The molecule has 0 bridgehead atoms. The molecule has 1 aliphatic heterocycles. The quantitative estimate of drug-likeness (QED) is 0.758. The van der Waals surface area contributed by atoms with Crippen molar-refractivity contribution in [1.29, 1.82) is 0 Å². The van der Waals surface area contributed by atoms with E-state index in [2.05, 4.69) is 0 Å². The minimum Gasteiger partial charge on any atom is -0.326 e. The number of carbonyl (C=O) groups excluding carboxylic acids is 1. The predicted octanol–water partition coefficient (Wildman–Crippen LogP) is 1.09. The van der Waals surface area contributed by atoms with Gasteiger partial charge in [-0.2, -0.15) is 0 Å². The van der Waals surface area contributed by atoms with E-state index in [4.69, 9.17) is 5.73 Å². The van der Waals surface area contributed by atoms with E-state index in [0.717, 1.165) is 16.8 Å². The van der Waals surface area contributed by atoms with Crippen LogP contribution < -0.4 is 10.6 Å². The molecule has 1 aromatic carbocycles. The van der Waals surface area contributed by atoms with Crippen LogP contribution in [0, 0.1) is 0 Å². The summed E-state index contributed by atoms with van der Waals surface area (Å²) in [6.07, 6.45) is 0.514. The highest BCUT2D eigenvalue weighted by molar-refractivity contribution is 6.00. The van der Waals surface area contributed by atoms with E-state index < -0.39 is 0 Å². The molecule has 2 rings (SSSR count). The average Bonchev–Trinajstić information content (AvgIpc) is 2.42. The highest BCUT2D eigenvalue weighted by atomic mass is 35.5. The van der Waals surface area contributed by atoms with Crippen LogP contribution >= 0.6 is 12.4 Å². The third-order valence-corrected chi connectivity index (χ3v) is 2.46. The summed E-state index contributed by atoms with van der Waals surface area (Å²) in [4.78, 5) is 13.0. The summed E-state index contributed by atoms with van der Waals surface area (Å²) in [5.74, 6) is 0.157. The van der Waals surface area contributed by atoms with Crippen LogP contribution in [-0.4, -0.2) is 13.0 Å². The van der Waals surface area contributed by atoms with Gasteiger partial charge in [-0.3, -0.25) is 4.79 Å². The summed E-state index contributed by atoms with van der Waals surface area (Å²) in [5, 5.41) is 0. The minimum absolute atomic E-state index is 0. The first kappa shape index (κ1) is 11.0. The largest absolute Gasteiger partial charge is 0.326 e. The van der Waals surface area contributed by atoms with Crippen LogP contribution in [0.3, 0.4) is 0 Å². The highest BCUT2D eigenvalue weighted by Gasteiger charge is 2.23. The molecule has 0 radical (unpaired) electrons. The van der Waals surface area contributed by atoms with Crippen LogP contribution in [0.15, 0.2) is 18.2 Å². The molecule has 0 aromatic heterocycles. The Morgan fingerprint density at radius 2 is 2.21 bits per heavy atom. The van der Waals surface area contributed by atoms with Crippen molar-refractivity contribution in [2.45, 2.75) is 13.0 Å². The number of benzene rings is 1. The molecule has 3 nitrogen and oxygen atoms in total. The number of carbonyl (C=O) groups is 1. The second-order valence-electron chi connectivity index (χ2n) is 3.30. The van der Waals surface area contributed by atoms with Crippen molar-refractivity contribution in [2.24, 2.45) is 5.73 Å². The summed E-state index contributed by atoms with van der Waals surface area (Å²) >= 11 is 0. The Hall–Kier alpha value is -1.06. The van der Waals surface area contributed by atoms with Gasteiger partial charge in [0.15, 0.2) is 0 Å². The van der Waals surface area contributed by atoms with Gasteiger partial charge in [-0.15, -0.1) is 12.4 Å². The number of hydrogen-bond donors (Lipinski definition) is 1. The zero-order chi connectivity index (χ0) is 9.42. The van der Waals surface area contributed by atoms with E-state index in [9.17, 15) is 4.79 Å². The van der Waals surface area contributed by atoms with Gasteiger partial charge >= 0.3 is 0 Å². The summed E-state index contributed by atoms with van der Waals surface area (Å²) in [5.41, 5.74) is 8.71. The Balaban J connectivity index is 0.000000980. The van der Waals surface area contributed by atoms with E-state index in [1.54, 1.807) is 11.9 Å². The van der Waals surface area contributed by atoms with Gasteiger partial charge < -0.3 is 10.6 Å². The number of anilines is 1. The Kier molecular flexibility index (Phi) is 3.13. The molecule has 14 heavy (non-hydrogen) atoms. The zero-order valence-corrected chi connectivity index (χ0v) is 8.80. The molecule has 4 heteroatoms. The normalized spacial score (nSPS) is 13.9. The van der Waals surface area contributed by atoms with Crippen molar-refractivity contribution in [3.8, 4) is 0 Å². The average molecular weight is 213 g/mol. The number of fused-ring (bicyclic) bond motifs is 1. The number of amides is 1. The first-order chi connectivity index (χ1) is 6.22. The van der Waals surface area contributed by atoms with Gasteiger partial charge in [0, 0.05) is 19.3 Å². The van der Waals surface area contributed by atoms with Crippen LogP contribution in [0.25, 0.3) is 0 Å². The molecular formula is C10H13ClN2O. The van der Waals surface area contributed by atoms with E-state index >= 15 is 0 Å². The van der Waals surface area contributed by atoms with Crippen molar-refractivity contribution in [3.05, 3.63) is 29.3 Å². The molecule has 1 aromatic rings. The van der Waals surface area contributed by atoms with Crippen LogP contribution in [0.5, 0.6) is 0 Å². The fourth-order valence-corrected chi connectivity index (χ4v) is 1.65. The molecular weight excluding hydrogens is 200 g/mol. The van der Waals surface area contributed by atoms with Crippen molar-refractivity contribution in [3.63, 3.8) is 0 Å². The van der Waals surface area contributed by atoms with Crippen LogP contribution in [0.1, 0.15) is 11.1 Å². The monoisotopic (exact) mass is 212 g/mol. The van der Waals surface area contributed by atoms with Gasteiger partial charge in [0.2, 0.25) is 5.91 Å². The van der Waals surface area contributed by atoms with Crippen molar-refractivity contribution in [2.75, 3.05) is 11.9 Å². The Morgan fingerprint density at radius 3 is 2.86 bits per heavy atom. The maximum absolute atomic E-state index is 11.3. The van der Waals surface area contributed by atoms with Gasteiger partial charge in [-0.05, 0) is 17.2 Å². The molecule has 0 saturated carbocycles. The maximum atomic E-state index is 11.3. The number of hydrogen-bond acceptors (Lipinski definition) is 2. The van der Waals surface area contributed by atoms with Gasteiger partial charge in [-0.25, -0.2) is 0 Å². The van der Waals surface area contributed by atoms with E-state index in [1.807, 2.05) is 18.2 Å². The molecule has 0 spiro atoms. The molecule has 2 N–H and O–H groups in total. The molecule has 0 fully saturated rings. The minimum atomic E-state index is 0. The lowest BCUT2D eigenvalue weighted by atomic mass is 10.1. The third kappa shape index (κ3) is 1.61. The van der Waals surface area contributed by atoms with E-state index in [1.165, 1.54) is 0 Å². The second kappa shape index (κ2) is 3.98. The third-order valence-electron chi connectivity index (χ3n) is 2.46. The topological polar surface area (TPSA) is 46.3 Å². The van der Waals surface area contributed by atoms with Gasteiger partial charge in [0.1, 0.15) is 0 Å². The lowest BCUT2D eigenvalue weighted by Crippen LogP contribution is -2.20. The van der Waals surface area contributed by atoms with Crippen molar-refractivity contribution < 1.29 is 4.79 Å². The molecule has 1 aliphatic rings. The predicted molar refractivity (Wildman–Crippen MR) is 58.7 cm³/mol. The molecule has 1 heterocycles. The number of likely N-dealkylation sites (N-methyl/N-ethyl adjacent to an activating group) is 1. The van der Waals surface area contributed by atoms with E-state index in [0.29, 0.717) is 13.0 Å². The number of rotatable bonds is 1. The smallest absolute Gasteiger partial charge is 0.231 e. The second-order valence-corrected chi connectivity index (χ2v) is 3.30. The first-order valence-electron chi connectivity index (χ1n) is 4.31. The van der Waals surface area contributed by atoms with Crippen LogP contribution in [0.2, 0.25) is 0 Å². The Labute approximate surface area is 89.3 Å². The van der Waals surface area contributed by atoms with Crippen molar-refractivity contribution in [1.82, 2.24) is 0 Å². The summed E-state index contributed by atoms with van der Waals surface area (Å²) < 4.78 is 0. The van der Waals surface area contributed by atoms with E-state index in [-0.39, 0.29) is 18.3 Å². The number of halogens is 1. The molecule has 0 saturated heterocycles. The Bertz CT molecular complexity index is 365. The molecule has 0 unspecified atom stereocenters. The lowest BCUT2D eigenvalue weighted by Gasteiger charge is -2.09. The summed E-state index contributed by atoms with van der Waals surface area (Å²) in [7, 11) is 1.80. The standard InChI is InChI=1S/C10H12N2O.ClH/c1-12-9-3-2-7(6-11)4-8(9)5-10(12)13;/h2-4H,5-6,11H2,1H3;1H. The molecule has 1 amide bonds. The zero-order valence-electron chi connectivity index (χ0n) is 7.99. The summed E-state index contributed by atoms with van der Waals surface area (Å²) in [6.45, 7) is 0.533. The van der Waals surface area contributed by atoms with Gasteiger partial charge in [-0.1, -0.05) is 12.1 Å². The van der Waals surface area contributed by atoms with Gasteiger partial charge in [0.25, 0.3) is 0 Å².